The summed E-state index contributed by atoms with van der Waals surface area (Å²) in [5.74, 6) is 0.128. The van der Waals surface area contributed by atoms with E-state index in [2.05, 4.69) is 15.3 Å². The summed E-state index contributed by atoms with van der Waals surface area (Å²) in [5, 5.41) is 2.77. The van der Waals surface area contributed by atoms with Gasteiger partial charge in [-0.2, -0.15) is 0 Å². The lowest BCUT2D eigenvalue weighted by Crippen LogP contribution is -2.35. The molecule has 0 saturated carbocycles. The average molecular weight is 400 g/mol. The lowest BCUT2D eigenvalue weighted by molar-refractivity contribution is 0.0944. The summed E-state index contributed by atoms with van der Waals surface area (Å²) in [6.45, 7) is 0.510. The standard InChI is InChI=1S/C23H20N4O3/c1-30-19-12-6-5-10-17(19)15-27-21-18(11-7-13-24-21)26-20(23(27)29)22(28)25-14-16-8-3-2-4-9-16/h2-13H,14-15H2,1H3,(H,25,28). The molecule has 2 heterocycles. The highest BCUT2D eigenvalue weighted by Crippen LogP contribution is 2.19. The summed E-state index contributed by atoms with van der Waals surface area (Å²) in [4.78, 5) is 34.6. The van der Waals surface area contributed by atoms with Gasteiger partial charge in [-0.3, -0.25) is 14.2 Å². The molecule has 0 aliphatic rings. The second-order valence-electron chi connectivity index (χ2n) is 6.68. The van der Waals surface area contributed by atoms with Crippen molar-refractivity contribution < 1.29 is 9.53 Å². The molecule has 7 nitrogen and oxygen atoms in total. The fourth-order valence-corrected chi connectivity index (χ4v) is 3.24. The minimum Gasteiger partial charge on any atom is -0.496 e. The van der Waals surface area contributed by atoms with Crippen LogP contribution in [0.5, 0.6) is 5.75 Å². The number of ether oxygens (including phenoxy) is 1. The van der Waals surface area contributed by atoms with E-state index in [4.69, 9.17) is 4.74 Å². The van der Waals surface area contributed by atoms with Crippen molar-refractivity contribution in [1.82, 2.24) is 19.9 Å². The molecule has 0 radical (unpaired) electrons. The molecular weight excluding hydrogens is 380 g/mol. The number of methoxy groups -OCH3 is 1. The zero-order valence-electron chi connectivity index (χ0n) is 16.4. The molecule has 4 aromatic rings. The first-order valence-corrected chi connectivity index (χ1v) is 9.47. The van der Waals surface area contributed by atoms with E-state index in [-0.39, 0.29) is 12.2 Å². The molecule has 7 heteroatoms. The second kappa shape index (κ2) is 8.57. The number of carbonyl (C=O) groups excluding carboxylic acids is 1. The first-order chi connectivity index (χ1) is 14.7. The van der Waals surface area contributed by atoms with Crippen LogP contribution in [0.25, 0.3) is 11.2 Å². The van der Waals surface area contributed by atoms with Crippen LogP contribution in [0.2, 0.25) is 0 Å². The highest BCUT2D eigenvalue weighted by atomic mass is 16.5. The highest BCUT2D eigenvalue weighted by molar-refractivity contribution is 5.93. The maximum Gasteiger partial charge on any atom is 0.284 e. The average Bonchev–Trinajstić information content (AvgIpc) is 2.80. The van der Waals surface area contributed by atoms with Crippen molar-refractivity contribution >= 4 is 17.1 Å². The van der Waals surface area contributed by atoms with Crippen molar-refractivity contribution in [3.05, 3.63) is 100 Å². The molecule has 0 saturated heterocycles. The van der Waals surface area contributed by atoms with Crippen LogP contribution in [-0.2, 0) is 13.1 Å². The Morgan fingerprint density at radius 1 is 1.03 bits per heavy atom. The van der Waals surface area contributed by atoms with E-state index < -0.39 is 11.5 Å². The Bertz CT molecular complexity index is 1250. The molecule has 2 aromatic heterocycles. The van der Waals surface area contributed by atoms with Crippen LogP contribution in [0.4, 0.5) is 0 Å². The quantitative estimate of drug-likeness (QED) is 0.538. The molecule has 0 spiro atoms. The van der Waals surface area contributed by atoms with Gasteiger partial charge in [0.2, 0.25) is 0 Å². The molecule has 0 aliphatic carbocycles. The third kappa shape index (κ3) is 3.91. The predicted octanol–water partition coefficient (Wildman–Crippen LogP) is 2.78. The number of hydrogen-bond donors (Lipinski definition) is 1. The van der Waals surface area contributed by atoms with Crippen molar-refractivity contribution in [2.24, 2.45) is 0 Å². The maximum atomic E-state index is 13.2. The summed E-state index contributed by atoms with van der Waals surface area (Å²) < 4.78 is 6.86. The lowest BCUT2D eigenvalue weighted by atomic mass is 10.2. The van der Waals surface area contributed by atoms with Crippen LogP contribution in [0.15, 0.2) is 77.7 Å². The molecular formula is C23H20N4O3. The molecule has 30 heavy (non-hydrogen) atoms. The zero-order chi connectivity index (χ0) is 20.9. The number of rotatable bonds is 6. The van der Waals surface area contributed by atoms with Crippen molar-refractivity contribution in [3.8, 4) is 5.75 Å². The van der Waals surface area contributed by atoms with Crippen LogP contribution in [0.1, 0.15) is 21.6 Å². The van der Waals surface area contributed by atoms with Crippen molar-refractivity contribution in [2.75, 3.05) is 7.11 Å². The van der Waals surface area contributed by atoms with Crippen LogP contribution in [-0.4, -0.2) is 27.6 Å². The van der Waals surface area contributed by atoms with E-state index in [0.29, 0.717) is 23.5 Å². The van der Waals surface area contributed by atoms with Crippen LogP contribution in [0, 0.1) is 0 Å². The molecule has 0 fully saturated rings. The van der Waals surface area contributed by atoms with Gasteiger partial charge in [0.05, 0.1) is 13.7 Å². The zero-order valence-corrected chi connectivity index (χ0v) is 16.4. The molecule has 2 aromatic carbocycles. The Morgan fingerprint density at radius 2 is 1.80 bits per heavy atom. The van der Waals surface area contributed by atoms with Gasteiger partial charge in [0.25, 0.3) is 11.5 Å². The highest BCUT2D eigenvalue weighted by Gasteiger charge is 2.19. The van der Waals surface area contributed by atoms with Crippen LogP contribution in [0.3, 0.4) is 0 Å². The van der Waals surface area contributed by atoms with Gasteiger partial charge in [-0.05, 0) is 23.8 Å². The summed E-state index contributed by atoms with van der Waals surface area (Å²) >= 11 is 0. The minimum atomic E-state index is -0.525. The number of aromatic nitrogens is 3. The fourth-order valence-electron chi connectivity index (χ4n) is 3.24. The Kier molecular flexibility index (Phi) is 5.52. The fraction of sp³-hybridized carbons (Fsp3) is 0.130. The molecule has 0 unspecified atom stereocenters. The van der Waals surface area contributed by atoms with Gasteiger partial charge < -0.3 is 10.1 Å². The molecule has 0 atom stereocenters. The Balaban J connectivity index is 1.73. The molecule has 0 aliphatic heterocycles. The molecule has 1 amide bonds. The number of nitrogens with one attached hydrogen (secondary N) is 1. The second-order valence-corrected chi connectivity index (χ2v) is 6.68. The van der Waals surface area contributed by atoms with Gasteiger partial charge in [-0.15, -0.1) is 0 Å². The van der Waals surface area contributed by atoms with E-state index in [9.17, 15) is 9.59 Å². The van der Waals surface area contributed by atoms with Gasteiger partial charge in [-0.1, -0.05) is 48.5 Å². The lowest BCUT2D eigenvalue weighted by Gasteiger charge is -2.13. The molecule has 4 rings (SSSR count). The van der Waals surface area contributed by atoms with Gasteiger partial charge in [0.15, 0.2) is 11.3 Å². The van der Waals surface area contributed by atoms with Gasteiger partial charge in [0, 0.05) is 18.3 Å². The number of carbonyl (C=O) groups is 1. The number of nitrogens with zero attached hydrogens (tertiary/aromatic N) is 3. The summed E-state index contributed by atoms with van der Waals surface area (Å²) in [7, 11) is 1.58. The van der Waals surface area contributed by atoms with E-state index in [0.717, 1.165) is 11.1 Å². The monoisotopic (exact) mass is 400 g/mol. The van der Waals surface area contributed by atoms with Gasteiger partial charge >= 0.3 is 0 Å². The first kappa shape index (κ1) is 19.3. The summed E-state index contributed by atoms with van der Waals surface area (Å²) in [6, 6.07) is 20.4. The normalized spacial score (nSPS) is 10.7. The van der Waals surface area contributed by atoms with E-state index in [1.807, 2.05) is 54.6 Å². The number of pyridine rings is 1. The SMILES string of the molecule is COc1ccccc1Cn1c(=O)c(C(=O)NCc2ccccc2)nc2cccnc21. The van der Waals surface area contributed by atoms with Crippen molar-refractivity contribution in [2.45, 2.75) is 13.1 Å². The predicted molar refractivity (Wildman–Crippen MR) is 114 cm³/mol. The molecule has 1 N–H and O–H groups in total. The largest absolute Gasteiger partial charge is 0.496 e. The third-order valence-corrected chi connectivity index (χ3v) is 4.73. The smallest absolute Gasteiger partial charge is 0.284 e. The number of amides is 1. The first-order valence-electron chi connectivity index (χ1n) is 9.47. The van der Waals surface area contributed by atoms with E-state index >= 15 is 0 Å². The third-order valence-electron chi connectivity index (χ3n) is 4.73. The van der Waals surface area contributed by atoms with E-state index in [1.54, 1.807) is 25.4 Å². The number of hydrogen-bond acceptors (Lipinski definition) is 5. The summed E-state index contributed by atoms with van der Waals surface area (Å²) in [6.07, 6.45) is 1.59. The molecule has 0 bridgehead atoms. The maximum absolute atomic E-state index is 13.2. The van der Waals surface area contributed by atoms with E-state index in [1.165, 1.54) is 4.57 Å². The van der Waals surface area contributed by atoms with Crippen molar-refractivity contribution in [3.63, 3.8) is 0 Å². The molecule has 150 valence electrons. The van der Waals surface area contributed by atoms with Crippen LogP contribution < -0.4 is 15.6 Å². The number of para-hydroxylation sites is 1. The Hall–Kier alpha value is -4.00. The van der Waals surface area contributed by atoms with Gasteiger partial charge in [-0.25, -0.2) is 9.97 Å². The number of fused-ring (bicyclic) bond motifs is 1. The van der Waals surface area contributed by atoms with Crippen molar-refractivity contribution in [1.29, 1.82) is 0 Å². The summed E-state index contributed by atoms with van der Waals surface area (Å²) in [5.41, 5.74) is 1.95. The van der Waals surface area contributed by atoms with Gasteiger partial charge in [0.1, 0.15) is 11.3 Å². The Morgan fingerprint density at radius 3 is 2.60 bits per heavy atom. The topological polar surface area (TPSA) is 86.1 Å². The Labute approximate surface area is 173 Å². The van der Waals surface area contributed by atoms with Crippen LogP contribution >= 0.6 is 0 Å². The number of benzene rings is 2. The minimum absolute atomic E-state index is 0.165.